The van der Waals surface area contributed by atoms with Crippen LogP contribution >= 0.6 is 0 Å². The van der Waals surface area contributed by atoms with E-state index < -0.39 is 5.54 Å². The Balaban J connectivity index is 1.62. The first-order chi connectivity index (χ1) is 9.19. The fourth-order valence-corrected chi connectivity index (χ4v) is 3.52. The number of ether oxygens (including phenoxy) is 2. The minimum Gasteiger partial charge on any atom is -0.375 e. The van der Waals surface area contributed by atoms with Gasteiger partial charge >= 0.3 is 0 Å². The number of rotatable bonds is 2. The maximum absolute atomic E-state index is 12.6. The Morgan fingerprint density at radius 3 is 2.53 bits per heavy atom. The van der Waals surface area contributed by atoms with E-state index in [0.717, 1.165) is 45.1 Å². The predicted molar refractivity (Wildman–Crippen MR) is 70.7 cm³/mol. The van der Waals surface area contributed by atoms with E-state index >= 15 is 0 Å². The Kier molecular flexibility index (Phi) is 3.78. The summed E-state index contributed by atoms with van der Waals surface area (Å²) < 4.78 is 11.5. The van der Waals surface area contributed by atoms with E-state index in [1.165, 1.54) is 0 Å². The standard InChI is InChI=1S/C14H24N2O3/c15-14(5-1-2-6-14)13(17)16-7-9-19-12(10-16)11-4-3-8-18-11/h11-12H,1-10,15H2/t11-,12-/m0/s1. The number of morpholine rings is 1. The van der Waals surface area contributed by atoms with Gasteiger partial charge < -0.3 is 20.1 Å². The van der Waals surface area contributed by atoms with E-state index in [-0.39, 0.29) is 18.1 Å². The van der Waals surface area contributed by atoms with Gasteiger partial charge in [-0.2, -0.15) is 0 Å². The van der Waals surface area contributed by atoms with Crippen molar-refractivity contribution in [2.75, 3.05) is 26.3 Å². The van der Waals surface area contributed by atoms with Crippen LogP contribution in [0.3, 0.4) is 0 Å². The van der Waals surface area contributed by atoms with Gasteiger partial charge in [0.2, 0.25) is 5.91 Å². The lowest BCUT2D eigenvalue weighted by atomic mass is 9.96. The van der Waals surface area contributed by atoms with Crippen molar-refractivity contribution >= 4 is 5.91 Å². The third kappa shape index (κ3) is 2.64. The molecule has 2 heterocycles. The number of amides is 1. The van der Waals surface area contributed by atoms with Crippen molar-refractivity contribution in [3.63, 3.8) is 0 Å². The fraction of sp³-hybridized carbons (Fsp3) is 0.929. The van der Waals surface area contributed by atoms with Crippen LogP contribution in [0.5, 0.6) is 0 Å². The summed E-state index contributed by atoms with van der Waals surface area (Å²) in [6.45, 7) is 2.73. The molecule has 5 heteroatoms. The van der Waals surface area contributed by atoms with Gasteiger partial charge in [0.1, 0.15) is 6.10 Å². The van der Waals surface area contributed by atoms with E-state index in [4.69, 9.17) is 15.2 Å². The second-order valence-electron chi connectivity index (χ2n) is 6.08. The molecule has 5 nitrogen and oxygen atoms in total. The summed E-state index contributed by atoms with van der Waals surface area (Å²) in [7, 11) is 0. The highest BCUT2D eigenvalue weighted by Crippen LogP contribution is 2.30. The van der Waals surface area contributed by atoms with E-state index in [1.807, 2.05) is 4.90 Å². The monoisotopic (exact) mass is 268 g/mol. The Bertz CT molecular complexity index is 336. The topological polar surface area (TPSA) is 64.8 Å². The fourth-order valence-electron chi connectivity index (χ4n) is 3.52. The van der Waals surface area contributed by atoms with Gasteiger partial charge in [-0.15, -0.1) is 0 Å². The Labute approximate surface area is 114 Å². The average Bonchev–Trinajstić information content (AvgIpc) is 3.10. The summed E-state index contributed by atoms with van der Waals surface area (Å²) in [4.78, 5) is 14.5. The SMILES string of the molecule is NC1(C(=O)N2CCO[C@H]([C@@H]3CCCO3)C2)CCCC1. The van der Waals surface area contributed by atoms with E-state index in [9.17, 15) is 4.79 Å². The molecule has 0 aromatic rings. The number of hydrogen-bond acceptors (Lipinski definition) is 4. The third-order valence-electron chi connectivity index (χ3n) is 4.68. The molecule has 0 radical (unpaired) electrons. The highest BCUT2D eigenvalue weighted by molar-refractivity contribution is 5.86. The zero-order chi connectivity index (χ0) is 13.3. The first-order valence-electron chi connectivity index (χ1n) is 7.50. The highest BCUT2D eigenvalue weighted by atomic mass is 16.5. The Morgan fingerprint density at radius 2 is 1.84 bits per heavy atom. The second kappa shape index (κ2) is 5.38. The van der Waals surface area contributed by atoms with Crippen LogP contribution in [0.2, 0.25) is 0 Å². The number of carbonyl (C=O) groups excluding carboxylic acids is 1. The quantitative estimate of drug-likeness (QED) is 0.799. The summed E-state index contributed by atoms with van der Waals surface area (Å²) in [5.74, 6) is 0.122. The zero-order valence-corrected chi connectivity index (χ0v) is 11.5. The molecule has 3 fully saturated rings. The van der Waals surface area contributed by atoms with E-state index in [2.05, 4.69) is 0 Å². The van der Waals surface area contributed by atoms with E-state index in [0.29, 0.717) is 19.7 Å². The number of hydrogen-bond donors (Lipinski definition) is 1. The van der Waals surface area contributed by atoms with Crippen molar-refractivity contribution < 1.29 is 14.3 Å². The molecular formula is C14H24N2O3. The zero-order valence-electron chi connectivity index (χ0n) is 11.5. The van der Waals surface area contributed by atoms with Crippen molar-refractivity contribution in [1.82, 2.24) is 4.90 Å². The van der Waals surface area contributed by atoms with Crippen molar-refractivity contribution in [1.29, 1.82) is 0 Å². The molecule has 0 aromatic heterocycles. The second-order valence-corrected chi connectivity index (χ2v) is 6.08. The van der Waals surface area contributed by atoms with Crippen molar-refractivity contribution in [2.24, 2.45) is 5.73 Å². The molecule has 2 N–H and O–H groups in total. The van der Waals surface area contributed by atoms with Gasteiger partial charge in [0.05, 0.1) is 18.2 Å². The van der Waals surface area contributed by atoms with Crippen LogP contribution in [0.4, 0.5) is 0 Å². The lowest BCUT2D eigenvalue weighted by Crippen LogP contribution is -2.58. The highest BCUT2D eigenvalue weighted by Gasteiger charge is 2.42. The maximum Gasteiger partial charge on any atom is 0.242 e. The van der Waals surface area contributed by atoms with Crippen LogP contribution in [0.15, 0.2) is 0 Å². The molecule has 3 aliphatic rings. The molecular weight excluding hydrogens is 244 g/mol. The molecule has 108 valence electrons. The summed E-state index contributed by atoms with van der Waals surface area (Å²) >= 11 is 0. The largest absolute Gasteiger partial charge is 0.375 e. The van der Waals surface area contributed by atoms with Crippen LogP contribution in [-0.2, 0) is 14.3 Å². The number of nitrogens with zero attached hydrogens (tertiary/aromatic N) is 1. The average molecular weight is 268 g/mol. The van der Waals surface area contributed by atoms with Gasteiger partial charge in [0.15, 0.2) is 0 Å². The van der Waals surface area contributed by atoms with Crippen molar-refractivity contribution in [2.45, 2.75) is 56.3 Å². The van der Waals surface area contributed by atoms with Gasteiger partial charge in [0, 0.05) is 19.7 Å². The third-order valence-corrected chi connectivity index (χ3v) is 4.68. The molecule has 19 heavy (non-hydrogen) atoms. The first-order valence-corrected chi connectivity index (χ1v) is 7.50. The molecule has 2 aliphatic heterocycles. The molecule has 0 spiro atoms. The van der Waals surface area contributed by atoms with Crippen LogP contribution in [0, 0.1) is 0 Å². The van der Waals surface area contributed by atoms with Crippen LogP contribution in [0.1, 0.15) is 38.5 Å². The van der Waals surface area contributed by atoms with Gasteiger partial charge in [-0.05, 0) is 25.7 Å². The molecule has 0 aromatic carbocycles. The molecule has 0 unspecified atom stereocenters. The van der Waals surface area contributed by atoms with Gasteiger partial charge in [0.25, 0.3) is 0 Å². The molecule has 2 saturated heterocycles. The number of nitrogens with two attached hydrogens (primary N) is 1. The van der Waals surface area contributed by atoms with Gasteiger partial charge in [-0.3, -0.25) is 4.79 Å². The molecule has 3 rings (SSSR count). The van der Waals surface area contributed by atoms with Crippen LogP contribution in [0.25, 0.3) is 0 Å². The van der Waals surface area contributed by atoms with Crippen molar-refractivity contribution in [3.05, 3.63) is 0 Å². The lowest BCUT2D eigenvalue weighted by Gasteiger charge is -2.39. The normalized spacial score (nSPS) is 34.7. The predicted octanol–water partition coefficient (Wildman–Crippen LogP) is 0.664. The Morgan fingerprint density at radius 1 is 1.11 bits per heavy atom. The summed E-state index contributed by atoms with van der Waals surface area (Å²) in [6.07, 6.45) is 6.13. The van der Waals surface area contributed by atoms with Gasteiger partial charge in [-0.1, -0.05) is 12.8 Å². The number of carbonyl (C=O) groups is 1. The molecule has 1 saturated carbocycles. The molecule has 0 bridgehead atoms. The van der Waals surface area contributed by atoms with Crippen LogP contribution in [-0.4, -0.2) is 54.9 Å². The summed E-state index contributed by atoms with van der Waals surface area (Å²) in [5.41, 5.74) is 5.66. The lowest BCUT2D eigenvalue weighted by molar-refractivity contribution is -0.150. The molecule has 1 amide bonds. The van der Waals surface area contributed by atoms with E-state index in [1.54, 1.807) is 0 Å². The maximum atomic E-state index is 12.6. The first kappa shape index (κ1) is 13.3. The smallest absolute Gasteiger partial charge is 0.242 e. The minimum absolute atomic E-state index is 0.0326. The van der Waals surface area contributed by atoms with Crippen LogP contribution < -0.4 is 5.73 Å². The minimum atomic E-state index is -0.613. The van der Waals surface area contributed by atoms with Crippen molar-refractivity contribution in [3.8, 4) is 0 Å². The molecule has 2 atom stereocenters. The van der Waals surface area contributed by atoms with Gasteiger partial charge in [-0.25, -0.2) is 0 Å². The molecule has 1 aliphatic carbocycles. The summed E-state index contributed by atoms with van der Waals surface area (Å²) in [5, 5.41) is 0. The summed E-state index contributed by atoms with van der Waals surface area (Å²) in [6, 6.07) is 0. The Hall–Kier alpha value is -0.650.